The lowest BCUT2D eigenvalue weighted by atomic mass is 10.4. The highest BCUT2D eigenvalue weighted by atomic mass is 35.5. The smallest absolute Gasteiger partial charge is 0.147 e. The molecule has 0 aliphatic carbocycles. The van der Waals surface area contributed by atoms with Gasteiger partial charge >= 0.3 is 0 Å². The van der Waals surface area contributed by atoms with E-state index in [-0.39, 0.29) is 0 Å². The molecule has 2 aromatic heterocycles. The minimum atomic E-state index is 0.511. The number of anilines is 2. The van der Waals surface area contributed by atoms with Crippen LogP contribution in [0.5, 0.6) is 0 Å². The number of halogens is 2. The molecule has 0 saturated carbocycles. The Kier molecular flexibility index (Phi) is 4.87. The Morgan fingerprint density at radius 1 is 1.26 bits per heavy atom. The lowest BCUT2D eigenvalue weighted by molar-refractivity contribution is 0.660. The van der Waals surface area contributed by atoms with Crippen molar-refractivity contribution in [3.8, 4) is 0 Å². The first kappa shape index (κ1) is 14.0. The Balaban J connectivity index is 1.88. The molecule has 0 saturated heterocycles. The Morgan fingerprint density at radius 3 is 2.74 bits per heavy atom. The fourth-order valence-electron chi connectivity index (χ4n) is 1.65. The highest BCUT2D eigenvalue weighted by molar-refractivity contribution is 6.37. The summed E-state index contributed by atoms with van der Waals surface area (Å²) in [5, 5.41) is 7.15. The average Bonchev–Trinajstić information content (AvgIpc) is 2.90. The van der Waals surface area contributed by atoms with Crippen LogP contribution in [-0.4, -0.2) is 28.1 Å². The SMILES string of the molecule is CNc1nc(NCCCn2ccnc2)c(Cl)cc1Cl. The van der Waals surface area contributed by atoms with Gasteiger partial charge < -0.3 is 15.2 Å². The van der Waals surface area contributed by atoms with Gasteiger partial charge in [0.25, 0.3) is 0 Å². The summed E-state index contributed by atoms with van der Waals surface area (Å²) in [6.07, 6.45) is 6.45. The maximum atomic E-state index is 6.08. The molecule has 0 radical (unpaired) electrons. The molecule has 0 atom stereocenters. The van der Waals surface area contributed by atoms with Crippen molar-refractivity contribution in [3.63, 3.8) is 0 Å². The van der Waals surface area contributed by atoms with Crippen LogP contribution in [0, 0.1) is 0 Å². The maximum Gasteiger partial charge on any atom is 0.147 e. The van der Waals surface area contributed by atoms with Gasteiger partial charge in [0, 0.05) is 32.5 Å². The van der Waals surface area contributed by atoms with Crippen molar-refractivity contribution in [3.05, 3.63) is 34.8 Å². The summed E-state index contributed by atoms with van der Waals surface area (Å²) < 4.78 is 2.03. The molecule has 7 heteroatoms. The van der Waals surface area contributed by atoms with Crippen LogP contribution in [-0.2, 0) is 6.54 Å². The van der Waals surface area contributed by atoms with Crippen molar-refractivity contribution >= 4 is 34.8 Å². The summed E-state index contributed by atoms with van der Waals surface area (Å²) in [6, 6.07) is 1.68. The number of rotatable bonds is 6. The van der Waals surface area contributed by atoms with Crippen LogP contribution in [0.15, 0.2) is 24.8 Å². The molecule has 0 fully saturated rings. The zero-order chi connectivity index (χ0) is 13.7. The van der Waals surface area contributed by atoms with E-state index in [1.165, 1.54) is 0 Å². The van der Waals surface area contributed by atoms with Crippen LogP contribution in [0.1, 0.15) is 6.42 Å². The molecule has 19 heavy (non-hydrogen) atoms. The van der Waals surface area contributed by atoms with Gasteiger partial charge in [-0.3, -0.25) is 0 Å². The van der Waals surface area contributed by atoms with E-state index in [4.69, 9.17) is 23.2 Å². The van der Waals surface area contributed by atoms with Crippen LogP contribution in [0.3, 0.4) is 0 Å². The molecule has 0 amide bonds. The monoisotopic (exact) mass is 299 g/mol. The van der Waals surface area contributed by atoms with E-state index >= 15 is 0 Å². The first-order valence-corrected chi connectivity index (χ1v) is 6.69. The normalized spacial score (nSPS) is 10.5. The molecule has 0 unspecified atom stereocenters. The summed E-state index contributed by atoms with van der Waals surface area (Å²) >= 11 is 12.1. The number of hydrogen-bond acceptors (Lipinski definition) is 4. The Hall–Kier alpha value is -1.46. The second-order valence-corrected chi connectivity index (χ2v) is 4.79. The molecule has 0 aliphatic heterocycles. The third kappa shape index (κ3) is 3.75. The quantitative estimate of drug-likeness (QED) is 0.805. The fourth-order valence-corrected chi connectivity index (χ4v) is 2.17. The zero-order valence-electron chi connectivity index (χ0n) is 10.5. The Bertz CT molecular complexity index is 527. The van der Waals surface area contributed by atoms with Gasteiger partial charge in [-0.1, -0.05) is 23.2 Å². The fraction of sp³-hybridized carbons (Fsp3) is 0.333. The summed E-state index contributed by atoms with van der Waals surface area (Å²) in [7, 11) is 1.77. The number of aromatic nitrogens is 3. The van der Waals surface area contributed by atoms with Gasteiger partial charge in [-0.25, -0.2) is 9.97 Å². The third-order valence-electron chi connectivity index (χ3n) is 2.61. The lowest BCUT2D eigenvalue weighted by Gasteiger charge is -2.10. The first-order chi connectivity index (χ1) is 9.20. The van der Waals surface area contributed by atoms with E-state index in [2.05, 4.69) is 20.6 Å². The van der Waals surface area contributed by atoms with E-state index in [0.717, 1.165) is 19.5 Å². The molecule has 2 N–H and O–H groups in total. The second-order valence-electron chi connectivity index (χ2n) is 3.98. The van der Waals surface area contributed by atoms with Crippen LogP contribution in [0.25, 0.3) is 0 Å². The minimum Gasteiger partial charge on any atom is -0.372 e. The van der Waals surface area contributed by atoms with Crippen molar-refractivity contribution in [1.29, 1.82) is 0 Å². The molecular weight excluding hydrogens is 285 g/mol. The standard InChI is InChI=1S/C12H15Cl2N5/c1-15-11-9(13)7-10(14)12(18-11)17-3-2-5-19-6-4-16-8-19/h4,6-8H,2-3,5H2,1H3,(H2,15,17,18). The van der Waals surface area contributed by atoms with Crippen molar-refractivity contribution in [2.24, 2.45) is 0 Å². The van der Waals surface area contributed by atoms with Gasteiger partial charge in [0.15, 0.2) is 0 Å². The van der Waals surface area contributed by atoms with E-state index in [0.29, 0.717) is 21.7 Å². The van der Waals surface area contributed by atoms with E-state index in [9.17, 15) is 0 Å². The van der Waals surface area contributed by atoms with Gasteiger partial charge in [0.05, 0.1) is 16.4 Å². The van der Waals surface area contributed by atoms with Crippen LogP contribution < -0.4 is 10.6 Å². The largest absolute Gasteiger partial charge is 0.372 e. The topological polar surface area (TPSA) is 54.8 Å². The molecule has 0 spiro atoms. The predicted octanol–water partition coefficient (Wildman–Crippen LogP) is 3.13. The molecule has 102 valence electrons. The highest BCUT2D eigenvalue weighted by Crippen LogP contribution is 2.28. The summed E-state index contributed by atoms with van der Waals surface area (Å²) in [5.74, 6) is 1.25. The average molecular weight is 300 g/mol. The molecular formula is C12H15Cl2N5. The molecule has 5 nitrogen and oxygen atoms in total. The highest BCUT2D eigenvalue weighted by Gasteiger charge is 2.07. The zero-order valence-corrected chi connectivity index (χ0v) is 12.0. The lowest BCUT2D eigenvalue weighted by Crippen LogP contribution is -2.08. The number of pyridine rings is 1. The second kappa shape index (κ2) is 6.63. The minimum absolute atomic E-state index is 0.511. The number of nitrogens with one attached hydrogen (secondary N) is 2. The van der Waals surface area contributed by atoms with Crippen molar-refractivity contribution in [2.45, 2.75) is 13.0 Å². The summed E-state index contributed by atoms with van der Waals surface area (Å²) in [5.41, 5.74) is 0. The Labute approximate surface area is 122 Å². The van der Waals surface area contributed by atoms with Crippen molar-refractivity contribution in [1.82, 2.24) is 14.5 Å². The third-order valence-corrected chi connectivity index (χ3v) is 3.19. The molecule has 2 rings (SSSR count). The molecule has 0 bridgehead atoms. The predicted molar refractivity (Wildman–Crippen MR) is 79.1 cm³/mol. The van der Waals surface area contributed by atoms with E-state index in [1.807, 2.05) is 10.8 Å². The van der Waals surface area contributed by atoms with Gasteiger partial charge in [-0.05, 0) is 12.5 Å². The van der Waals surface area contributed by atoms with E-state index < -0.39 is 0 Å². The molecule has 2 aromatic rings. The maximum absolute atomic E-state index is 6.08. The van der Waals surface area contributed by atoms with E-state index in [1.54, 1.807) is 25.6 Å². The van der Waals surface area contributed by atoms with Crippen LogP contribution >= 0.6 is 23.2 Å². The van der Waals surface area contributed by atoms with Crippen LogP contribution in [0.2, 0.25) is 10.0 Å². The van der Waals surface area contributed by atoms with Gasteiger partial charge in [0.2, 0.25) is 0 Å². The van der Waals surface area contributed by atoms with Crippen molar-refractivity contribution in [2.75, 3.05) is 24.2 Å². The first-order valence-electron chi connectivity index (χ1n) is 5.94. The molecule has 2 heterocycles. The molecule has 0 aliphatic rings. The van der Waals surface area contributed by atoms with Gasteiger partial charge in [0.1, 0.15) is 11.6 Å². The number of imidazole rings is 1. The van der Waals surface area contributed by atoms with Gasteiger partial charge in [-0.2, -0.15) is 0 Å². The number of aryl methyl sites for hydroxylation is 1. The van der Waals surface area contributed by atoms with Crippen LogP contribution in [0.4, 0.5) is 11.6 Å². The van der Waals surface area contributed by atoms with Crippen molar-refractivity contribution < 1.29 is 0 Å². The summed E-state index contributed by atoms with van der Waals surface area (Å²) in [4.78, 5) is 8.31. The molecule has 0 aromatic carbocycles. The Morgan fingerprint density at radius 2 is 2.05 bits per heavy atom. The van der Waals surface area contributed by atoms with Gasteiger partial charge in [-0.15, -0.1) is 0 Å². The number of nitrogens with zero attached hydrogens (tertiary/aromatic N) is 3. The summed E-state index contributed by atoms with van der Waals surface area (Å²) in [6.45, 7) is 1.67. The number of hydrogen-bond donors (Lipinski definition) is 2.